The van der Waals surface area contributed by atoms with Crippen molar-refractivity contribution in [2.24, 2.45) is 5.92 Å². The monoisotopic (exact) mass is 626 g/mol. The number of alkyl halides is 3. The van der Waals surface area contributed by atoms with E-state index in [0.717, 1.165) is 37.8 Å². The van der Waals surface area contributed by atoms with E-state index in [-0.39, 0.29) is 41.6 Å². The quantitative estimate of drug-likeness (QED) is 0.491. The largest absolute Gasteiger partial charge is 0.416 e. The summed E-state index contributed by atoms with van der Waals surface area (Å²) in [4.78, 5) is 45.3. The average molecular weight is 627 g/mol. The number of carbonyl (C=O) groups is 3. The van der Waals surface area contributed by atoms with E-state index in [1.807, 2.05) is 0 Å². The van der Waals surface area contributed by atoms with Crippen molar-refractivity contribution in [3.8, 4) is 6.07 Å². The topological polar surface area (TPSA) is 121 Å². The van der Waals surface area contributed by atoms with Gasteiger partial charge in [0.15, 0.2) is 5.69 Å². The number of ether oxygens (including phenoxy) is 1. The second-order valence-electron chi connectivity index (χ2n) is 12.3. The van der Waals surface area contributed by atoms with Crippen molar-refractivity contribution in [1.29, 1.82) is 5.26 Å². The fourth-order valence-electron chi connectivity index (χ4n) is 7.57. The number of nitriles is 1. The number of aromatic nitrogens is 2. The predicted molar refractivity (Wildman–Crippen MR) is 156 cm³/mol. The molecule has 240 valence electrons. The Bertz CT molecular complexity index is 1500. The van der Waals surface area contributed by atoms with Crippen molar-refractivity contribution >= 4 is 23.5 Å². The smallest absolute Gasteiger partial charge is 0.381 e. The maximum Gasteiger partial charge on any atom is 0.416 e. The summed E-state index contributed by atoms with van der Waals surface area (Å²) in [5, 5.41) is 17.5. The molecule has 2 aromatic rings. The summed E-state index contributed by atoms with van der Waals surface area (Å²) in [5.74, 6) is -1.71. The Hall–Kier alpha value is -3.92. The highest BCUT2D eigenvalue weighted by Gasteiger charge is 2.51. The zero-order valence-electron chi connectivity index (χ0n) is 25.2. The SMILES string of the molecule is CCN1C(=O)[C@@H](NC(=O)c2cccc(C(F)(F)F)c2)[C@@H](C2CCCC2)c2c(C(=O)N3CCC[C@H]3C#N)nn(C3CCOCC3)c21. The highest BCUT2D eigenvalue weighted by molar-refractivity contribution is 6.07. The minimum atomic E-state index is -4.64. The van der Waals surface area contributed by atoms with Gasteiger partial charge < -0.3 is 15.0 Å². The number of hydrogen-bond acceptors (Lipinski definition) is 6. The van der Waals surface area contributed by atoms with Crippen LogP contribution in [0.4, 0.5) is 19.0 Å². The molecule has 2 saturated heterocycles. The molecule has 3 fully saturated rings. The van der Waals surface area contributed by atoms with Crippen LogP contribution in [0.25, 0.3) is 0 Å². The van der Waals surface area contributed by atoms with Crippen molar-refractivity contribution in [3.63, 3.8) is 0 Å². The number of anilines is 1. The van der Waals surface area contributed by atoms with Gasteiger partial charge in [-0.15, -0.1) is 0 Å². The van der Waals surface area contributed by atoms with E-state index in [0.29, 0.717) is 56.8 Å². The standard InChI is InChI=1S/C32H37F3N6O4/c1-2-39-29-25(27(31(44)40-14-6-11-23(40)18-36)38-41(29)22-12-15-45-16-13-22)24(19-7-3-4-8-19)26(30(39)43)37-28(42)20-9-5-10-21(17-20)32(33,34)35/h5,9-10,17,19,22-24,26H,2-4,6-8,11-16H2,1H3,(H,37,42)/t23-,24-,26-/m0/s1. The molecule has 3 aliphatic heterocycles. The molecule has 4 aliphatic rings. The van der Waals surface area contributed by atoms with Gasteiger partial charge in [0.25, 0.3) is 17.7 Å². The van der Waals surface area contributed by atoms with Gasteiger partial charge in [-0.25, -0.2) is 4.68 Å². The number of rotatable bonds is 6. The van der Waals surface area contributed by atoms with E-state index in [2.05, 4.69) is 11.4 Å². The Kier molecular flexibility index (Phi) is 8.61. The number of carbonyl (C=O) groups excluding carboxylic acids is 3. The van der Waals surface area contributed by atoms with Crippen molar-refractivity contribution in [2.75, 3.05) is 31.2 Å². The van der Waals surface area contributed by atoms with E-state index in [9.17, 15) is 32.8 Å². The predicted octanol–water partition coefficient (Wildman–Crippen LogP) is 4.82. The highest BCUT2D eigenvalue weighted by Crippen LogP contribution is 2.49. The summed E-state index contributed by atoms with van der Waals surface area (Å²) in [6.07, 6.45) is 1.25. The number of hydrogen-bond donors (Lipinski definition) is 1. The fourth-order valence-corrected chi connectivity index (χ4v) is 7.57. The van der Waals surface area contributed by atoms with Crippen LogP contribution < -0.4 is 10.2 Å². The van der Waals surface area contributed by atoms with Gasteiger partial charge in [-0.2, -0.15) is 23.5 Å². The molecule has 1 aromatic heterocycles. The van der Waals surface area contributed by atoms with Gasteiger partial charge in [0.1, 0.15) is 17.9 Å². The number of likely N-dealkylation sites (N-methyl/N-ethyl adjacent to an activating group) is 1. The first-order chi connectivity index (χ1) is 21.6. The van der Waals surface area contributed by atoms with E-state index in [1.165, 1.54) is 12.1 Å². The number of likely N-dealkylation sites (tertiary alicyclic amines) is 1. The van der Waals surface area contributed by atoms with Crippen molar-refractivity contribution in [1.82, 2.24) is 20.0 Å². The van der Waals surface area contributed by atoms with Crippen LogP contribution in [0.2, 0.25) is 0 Å². The van der Waals surface area contributed by atoms with E-state index in [1.54, 1.807) is 21.4 Å². The molecule has 1 N–H and O–H groups in total. The van der Waals surface area contributed by atoms with Crippen LogP contribution >= 0.6 is 0 Å². The molecule has 4 heterocycles. The van der Waals surface area contributed by atoms with Crippen LogP contribution in [0.1, 0.15) is 102 Å². The third-order valence-corrected chi connectivity index (χ3v) is 9.77. The van der Waals surface area contributed by atoms with Gasteiger partial charge in [-0.05, 0) is 69.6 Å². The van der Waals surface area contributed by atoms with Crippen molar-refractivity contribution < 1.29 is 32.3 Å². The van der Waals surface area contributed by atoms with E-state index >= 15 is 0 Å². The number of amides is 3. The van der Waals surface area contributed by atoms with Gasteiger partial charge in [0.2, 0.25) is 0 Å². The molecular formula is C32H37F3N6O4. The second kappa shape index (κ2) is 12.5. The molecular weight excluding hydrogens is 589 g/mol. The summed E-state index contributed by atoms with van der Waals surface area (Å²) < 4.78 is 47.8. The minimum Gasteiger partial charge on any atom is -0.381 e. The lowest BCUT2D eigenvalue weighted by molar-refractivity contribution is -0.137. The van der Waals surface area contributed by atoms with Crippen molar-refractivity contribution in [3.05, 3.63) is 46.6 Å². The molecule has 6 rings (SSSR count). The lowest BCUT2D eigenvalue weighted by Crippen LogP contribution is -2.57. The van der Waals surface area contributed by atoms with Crippen LogP contribution in [0.3, 0.4) is 0 Å². The lowest BCUT2D eigenvalue weighted by atomic mass is 9.76. The maximum absolute atomic E-state index is 14.4. The Morgan fingerprint density at radius 1 is 1.11 bits per heavy atom. The number of nitrogens with zero attached hydrogens (tertiary/aromatic N) is 5. The molecule has 3 atom stereocenters. The average Bonchev–Trinajstić information content (AvgIpc) is 3.82. The van der Waals surface area contributed by atoms with Crippen LogP contribution in [-0.2, 0) is 15.7 Å². The molecule has 0 unspecified atom stereocenters. The molecule has 13 heteroatoms. The highest BCUT2D eigenvalue weighted by atomic mass is 19.4. The summed E-state index contributed by atoms with van der Waals surface area (Å²) in [5.41, 5.74) is -0.407. The summed E-state index contributed by atoms with van der Waals surface area (Å²) in [7, 11) is 0. The van der Waals surface area contributed by atoms with Crippen LogP contribution in [0, 0.1) is 17.2 Å². The summed E-state index contributed by atoms with van der Waals surface area (Å²) in [6.45, 7) is 3.46. The number of nitrogens with one attached hydrogen (secondary N) is 1. The zero-order valence-corrected chi connectivity index (χ0v) is 25.2. The fraction of sp³-hybridized carbons (Fsp3) is 0.594. The van der Waals surface area contributed by atoms with Gasteiger partial charge >= 0.3 is 6.18 Å². The van der Waals surface area contributed by atoms with Crippen LogP contribution in [0.15, 0.2) is 24.3 Å². The Balaban J connectivity index is 1.48. The third-order valence-electron chi connectivity index (χ3n) is 9.77. The minimum absolute atomic E-state index is 0.0669. The van der Waals surface area contributed by atoms with Crippen molar-refractivity contribution in [2.45, 2.75) is 88.5 Å². The summed E-state index contributed by atoms with van der Waals surface area (Å²) >= 11 is 0. The van der Waals surface area contributed by atoms with Gasteiger partial charge in [-0.3, -0.25) is 19.3 Å². The molecule has 3 amide bonds. The molecule has 10 nitrogen and oxygen atoms in total. The third kappa shape index (κ3) is 5.69. The van der Waals surface area contributed by atoms with Crippen LogP contribution in [0.5, 0.6) is 0 Å². The Morgan fingerprint density at radius 2 is 1.84 bits per heavy atom. The second-order valence-corrected chi connectivity index (χ2v) is 12.3. The first-order valence-electron chi connectivity index (χ1n) is 15.8. The first kappa shape index (κ1) is 31.1. The number of benzene rings is 1. The van der Waals surface area contributed by atoms with Crippen LogP contribution in [-0.4, -0.2) is 70.8 Å². The van der Waals surface area contributed by atoms with Gasteiger partial charge in [0.05, 0.1) is 17.7 Å². The van der Waals surface area contributed by atoms with E-state index in [4.69, 9.17) is 9.84 Å². The van der Waals surface area contributed by atoms with Gasteiger partial charge in [-0.1, -0.05) is 18.9 Å². The number of halogens is 3. The molecule has 0 bridgehead atoms. The first-order valence-corrected chi connectivity index (χ1v) is 15.8. The lowest BCUT2D eigenvalue weighted by Gasteiger charge is -2.41. The Morgan fingerprint density at radius 3 is 2.51 bits per heavy atom. The molecule has 1 aromatic carbocycles. The normalized spacial score (nSPS) is 24.5. The van der Waals surface area contributed by atoms with E-state index < -0.39 is 35.6 Å². The zero-order chi connectivity index (χ0) is 31.9. The maximum atomic E-state index is 14.4. The molecule has 1 aliphatic carbocycles. The molecule has 1 saturated carbocycles. The summed E-state index contributed by atoms with van der Waals surface area (Å²) in [6, 6.07) is 4.53. The Labute approximate surface area is 259 Å². The molecule has 0 spiro atoms. The number of fused-ring (bicyclic) bond motifs is 1. The molecule has 0 radical (unpaired) electrons. The molecule has 45 heavy (non-hydrogen) atoms. The van der Waals surface area contributed by atoms with Gasteiger partial charge in [0, 0.05) is 43.3 Å².